The number of nitrogens with one attached hydrogen (secondary N) is 1. The SMILES string of the molecule is Cc1ccc(NC(=O)CS[C@H](C)C(=O)N(C)Cc2nc3ccccc3s2)cc1. The number of carbonyl (C=O) groups is 2. The Kier molecular flexibility index (Phi) is 6.70. The van der Waals surface area contributed by atoms with Crippen LogP contribution >= 0.6 is 23.1 Å². The van der Waals surface area contributed by atoms with Gasteiger partial charge in [-0.15, -0.1) is 23.1 Å². The molecule has 7 heteroatoms. The van der Waals surface area contributed by atoms with Crippen molar-refractivity contribution in [3.8, 4) is 0 Å². The largest absolute Gasteiger partial charge is 0.338 e. The van der Waals surface area contributed by atoms with E-state index in [9.17, 15) is 9.59 Å². The van der Waals surface area contributed by atoms with Crippen LogP contribution in [0.25, 0.3) is 10.2 Å². The summed E-state index contributed by atoms with van der Waals surface area (Å²) in [5.74, 6) is 0.116. The highest BCUT2D eigenvalue weighted by atomic mass is 32.2. The molecule has 3 aromatic rings. The number of anilines is 1. The summed E-state index contributed by atoms with van der Waals surface area (Å²) >= 11 is 2.94. The first kappa shape index (κ1) is 20.4. The van der Waals surface area contributed by atoms with Gasteiger partial charge in [0.1, 0.15) is 5.01 Å². The van der Waals surface area contributed by atoms with Crippen LogP contribution < -0.4 is 5.32 Å². The lowest BCUT2D eigenvalue weighted by atomic mass is 10.2. The zero-order valence-corrected chi connectivity index (χ0v) is 17.8. The number of hydrogen-bond donors (Lipinski definition) is 1. The summed E-state index contributed by atoms with van der Waals surface area (Å²) in [6.45, 7) is 4.30. The van der Waals surface area contributed by atoms with Gasteiger partial charge in [-0.05, 0) is 38.1 Å². The van der Waals surface area contributed by atoms with Gasteiger partial charge in [0, 0.05) is 12.7 Å². The number of thioether (sulfide) groups is 1. The zero-order chi connectivity index (χ0) is 20.1. The third-order valence-corrected chi connectivity index (χ3v) is 6.39. The second kappa shape index (κ2) is 9.21. The van der Waals surface area contributed by atoms with Gasteiger partial charge in [0.05, 0.1) is 27.8 Å². The number of hydrogen-bond acceptors (Lipinski definition) is 5. The molecule has 2 amide bonds. The van der Waals surface area contributed by atoms with Crippen molar-refractivity contribution in [1.82, 2.24) is 9.88 Å². The molecule has 5 nitrogen and oxygen atoms in total. The van der Waals surface area contributed by atoms with Crippen molar-refractivity contribution < 1.29 is 9.59 Å². The van der Waals surface area contributed by atoms with Gasteiger partial charge in [0.15, 0.2) is 0 Å². The maximum Gasteiger partial charge on any atom is 0.235 e. The molecule has 0 saturated carbocycles. The Hall–Kier alpha value is -2.38. The zero-order valence-electron chi connectivity index (χ0n) is 16.1. The van der Waals surface area contributed by atoms with Crippen LogP contribution in [0.2, 0.25) is 0 Å². The molecule has 0 fully saturated rings. The lowest BCUT2D eigenvalue weighted by Gasteiger charge is -2.20. The topological polar surface area (TPSA) is 62.3 Å². The normalized spacial score (nSPS) is 12.0. The highest BCUT2D eigenvalue weighted by Gasteiger charge is 2.20. The van der Waals surface area contributed by atoms with E-state index in [1.165, 1.54) is 11.8 Å². The molecule has 0 aliphatic carbocycles. The van der Waals surface area contributed by atoms with Crippen LogP contribution in [-0.2, 0) is 16.1 Å². The van der Waals surface area contributed by atoms with Gasteiger partial charge < -0.3 is 10.2 Å². The van der Waals surface area contributed by atoms with E-state index in [1.54, 1.807) is 23.3 Å². The molecule has 0 radical (unpaired) electrons. The summed E-state index contributed by atoms with van der Waals surface area (Å²) in [5, 5.41) is 3.46. The van der Waals surface area contributed by atoms with Crippen LogP contribution in [0.5, 0.6) is 0 Å². The standard InChI is InChI=1S/C21H23N3O2S2/c1-14-8-10-16(11-9-14)22-19(25)13-27-15(2)21(26)24(3)12-20-23-17-6-4-5-7-18(17)28-20/h4-11,15H,12-13H2,1-3H3,(H,22,25)/t15-/m1/s1. The molecule has 0 saturated heterocycles. The van der Waals surface area contributed by atoms with E-state index in [2.05, 4.69) is 10.3 Å². The first-order valence-corrected chi connectivity index (χ1v) is 10.9. The van der Waals surface area contributed by atoms with Crippen LogP contribution in [0.1, 0.15) is 17.5 Å². The second-order valence-corrected chi connectivity index (χ2v) is 9.08. The monoisotopic (exact) mass is 413 g/mol. The van der Waals surface area contributed by atoms with Gasteiger partial charge in [0.2, 0.25) is 11.8 Å². The van der Waals surface area contributed by atoms with Crippen molar-refractivity contribution in [2.75, 3.05) is 18.1 Å². The summed E-state index contributed by atoms with van der Waals surface area (Å²) in [6, 6.07) is 15.6. The van der Waals surface area contributed by atoms with E-state index in [0.717, 1.165) is 26.5 Å². The van der Waals surface area contributed by atoms with E-state index in [0.29, 0.717) is 6.54 Å². The number of amides is 2. The first-order valence-electron chi connectivity index (χ1n) is 9.00. The molecular weight excluding hydrogens is 390 g/mol. The third kappa shape index (κ3) is 5.33. The molecule has 2 aromatic carbocycles. The van der Waals surface area contributed by atoms with Crippen LogP contribution in [-0.4, -0.2) is 39.7 Å². The Morgan fingerprint density at radius 1 is 1.18 bits per heavy atom. The van der Waals surface area contributed by atoms with Crippen molar-refractivity contribution in [3.05, 3.63) is 59.1 Å². The van der Waals surface area contributed by atoms with E-state index < -0.39 is 0 Å². The predicted molar refractivity (Wildman–Crippen MR) is 118 cm³/mol. The number of aromatic nitrogens is 1. The number of para-hydroxylation sites is 1. The quantitative estimate of drug-likeness (QED) is 0.626. The molecule has 28 heavy (non-hydrogen) atoms. The lowest BCUT2D eigenvalue weighted by molar-refractivity contribution is -0.129. The second-order valence-electron chi connectivity index (χ2n) is 6.64. The van der Waals surface area contributed by atoms with Crippen molar-refractivity contribution in [3.63, 3.8) is 0 Å². The summed E-state index contributed by atoms with van der Waals surface area (Å²) in [4.78, 5) is 31.0. The fourth-order valence-electron chi connectivity index (χ4n) is 2.68. The fourth-order valence-corrected chi connectivity index (χ4v) is 4.50. The number of thiazole rings is 1. The maximum absolute atomic E-state index is 12.6. The molecule has 1 atom stereocenters. The molecule has 0 spiro atoms. The van der Waals surface area contributed by atoms with Gasteiger partial charge in [-0.3, -0.25) is 9.59 Å². The molecule has 1 N–H and O–H groups in total. The Morgan fingerprint density at radius 2 is 1.89 bits per heavy atom. The van der Waals surface area contributed by atoms with Crippen molar-refractivity contribution in [1.29, 1.82) is 0 Å². The summed E-state index contributed by atoms with van der Waals surface area (Å²) < 4.78 is 1.12. The molecule has 0 aliphatic heterocycles. The molecule has 0 unspecified atom stereocenters. The Morgan fingerprint density at radius 3 is 2.61 bits per heavy atom. The van der Waals surface area contributed by atoms with E-state index in [1.807, 2.05) is 62.4 Å². The number of carbonyl (C=O) groups excluding carboxylic acids is 2. The maximum atomic E-state index is 12.6. The van der Waals surface area contributed by atoms with Gasteiger partial charge in [0.25, 0.3) is 0 Å². The van der Waals surface area contributed by atoms with Gasteiger partial charge in [-0.25, -0.2) is 4.98 Å². The highest BCUT2D eigenvalue weighted by molar-refractivity contribution is 8.01. The van der Waals surface area contributed by atoms with Crippen molar-refractivity contribution in [2.24, 2.45) is 0 Å². The first-order chi connectivity index (χ1) is 13.4. The van der Waals surface area contributed by atoms with Gasteiger partial charge in [-0.2, -0.15) is 0 Å². The molecule has 146 valence electrons. The summed E-state index contributed by atoms with van der Waals surface area (Å²) in [5.41, 5.74) is 2.87. The van der Waals surface area contributed by atoms with E-state index in [4.69, 9.17) is 0 Å². The highest BCUT2D eigenvalue weighted by Crippen LogP contribution is 2.23. The van der Waals surface area contributed by atoms with Gasteiger partial charge >= 0.3 is 0 Å². The number of nitrogens with zero attached hydrogens (tertiary/aromatic N) is 2. The van der Waals surface area contributed by atoms with Crippen LogP contribution in [0.15, 0.2) is 48.5 Å². The smallest absolute Gasteiger partial charge is 0.235 e. The third-order valence-electron chi connectivity index (χ3n) is 4.23. The Labute approximate surface area is 173 Å². The summed E-state index contributed by atoms with van der Waals surface area (Å²) in [7, 11) is 1.78. The molecule has 0 bridgehead atoms. The lowest BCUT2D eigenvalue weighted by Crippen LogP contribution is -2.33. The predicted octanol–water partition coefficient (Wildman–Crippen LogP) is 4.32. The minimum absolute atomic E-state index is 0.00704. The molecule has 1 heterocycles. The van der Waals surface area contributed by atoms with E-state index in [-0.39, 0.29) is 22.8 Å². The Balaban J connectivity index is 1.48. The van der Waals surface area contributed by atoms with Crippen LogP contribution in [0, 0.1) is 6.92 Å². The van der Waals surface area contributed by atoms with Crippen molar-refractivity contribution >= 4 is 50.8 Å². The average Bonchev–Trinajstić information content (AvgIpc) is 3.09. The molecule has 0 aliphatic rings. The number of rotatable bonds is 7. The van der Waals surface area contributed by atoms with Crippen molar-refractivity contribution in [2.45, 2.75) is 25.6 Å². The number of fused-ring (bicyclic) bond motifs is 1. The van der Waals surface area contributed by atoms with Crippen LogP contribution in [0.4, 0.5) is 5.69 Å². The van der Waals surface area contributed by atoms with Crippen LogP contribution in [0.3, 0.4) is 0 Å². The van der Waals surface area contributed by atoms with Gasteiger partial charge in [-0.1, -0.05) is 29.8 Å². The Bertz CT molecular complexity index is 936. The minimum Gasteiger partial charge on any atom is -0.338 e. The average molecular weight is 414 g/mol. The minimum atomic E-state index is -0.303. The molecular formula is C21H23N3O2S2. The number of benzene rings is 2. The fraction of sp³-hybridized carbons (Fsp3) is 0.286. The molecule has 3 rings (SSSR count). The summed E-state index contributed by atoms with van der Waals surface area (Å²) in [6.07, 6.45) is 0. The van der Waals surface area contributed by atoms with E-state index >= 15 is 0 Å². The number of aryl methyl sites for hydroxylation is 1. The molecule has 1 aromatic heterocycles.